The van der Waals surface area contributed by atoms with E-state index in [1.807, 2.05) is 55.5 Å². The molecular weight excluding hydrogens is 362 g/mol. The lowest BCUT2D eigenvalue weighted by atomic mass is 10.1. The van der Waals surface area contributed by atoms with Gasteiger partial charge in [0.1, 0.15) is 5.69 Å². The molecule has 4 rings (SSSR count). The number of amides is 1. The van der Waals surface area contributed by atoms with Gasteiger partial charge in [0.15, 0.2) is 0 Å². The summed E-state index contributed by atoms with van der Waals surface area (Å²) in [6, 6.07) is 17.3. The number of anilines is 3. The van der Waals surface area contributed by atoms with E-state index in [0.29, 0.717) is 11.6 Å². The van der Waals surface area contributed by atoms with Crippen molar-refractivity contribution >= 4 is 34.1 Å². The summed E-state index contributed by atoms with van der Waals surface area (Å²) < 4.78 is 0. The maximum Gasteiger partial charge on any atom is 0.274 e. The van der Waals surface area contributed by atoms with Gasteiger partial charge in [0, 0.05) is 23.5 Å². The van der Waals surface area contributed by atoms with Crippen molar-refractivity contribution in [2.45, 2.75) is 20.3 Å². The number of para-hydroxylation sites is 2. The van der Waals surface area contributed by atoms with Gasteiger partial charge in [-0.1, -0.05) is 43.3 Å². The zero-order chi connectivity index (χ0) is 20.2. The fraction of sp³-hybridized carbons (Fsp3) is 0.130. The van der Waals surface area contributed by atoms with E-state index in [1.165, 1.54) is 0 Å². The molecule has 29 heavy (non-hydrogen) atoms. The van der Waals surface area contributed by atoms with Crippen molar-refractivity contribution in [2.24, 2.45) is 0 Å². The van der Waals surface area contributed by atoms with E-state index in [2.05, 4.69) is 32.5 Å². The zero-order valence-electron chi connectivity index (χ0n) is 16.3. The van der Waals surface area contributed by atoms with Crippen LogP contribution >= 0.6 is 0 Å². The first-order chi connectivity index (χ1) is 14.2. The molecule has 144 valence electrons. The lowest BCUT2D eigenvalue weighted by Crippen LogP contribution is -2.16. The van der Waals surface area contributed by atoms with Gasteiger partial charge in [0.05, 0.1) is 11.2 Å². The number of carbonyl (C=O) groups is 1. The van der Waals surface area contributed by atoms with Crippen LogP contribution < -0.4 is 10.6 Å². The van der Waals surface area contributed by atoms with E-state index in [0.717, 1.165) is 39.8 Å². The Labute approximate surface area is 169 Å². The molecule has 0 fully saturated rings. The quantitative estimate of drug-likeness (QED) is 0.513. The Bertz CT molecular complexity index is 1180. The normalized spacial score (nSPS) is 10.7. The summed E-state index contributed by atoms with van der Waals surface area (Å²) in [6.45, 7) is 4.05. The van der Waals surface area contributed by atoms with Crippen molar-refractivity contribution in [2.75, 3.05) is 10.6 Å². The third kappa shape index (κ3) is 3.91. The van der Waals surface area contributed by atoms with Gasteiger partial charge in [-0.05, 0) is 42.7 Å². The van der Waals surface area contributed by atoms with Gasteiger partial charge in [-0.3, -0.25) is 9.78 Å². The first-order valence-electron chi connectivity index (χ1n) is 9.49. The standard InChI is InChI=1S/C23H21N5O/c1-3-16-8-4-7-15(2)20(16)28-22(29)19-12-14-25-23(27-19)26-18-11-5-9-17-10-6-13-24-21(17)18/h4-14H,3H2,1-2H3,(H,28,29)(H,25,26,27). The van der Waals surface area contributed by atoms with Crippen LogP contribution in [0, 0.1) is 6.92 Å². The highest BCUT2D eigenvalue weighted by Gasteiger charge is 2.13. The molecule has 0 aliphatic carbocycles. The number of benzene rings is 2. The Balaban J connectivity index is 1.60. The average molecular weight is 383 g/mol. The minimum absolute atomic E-state index is 0.268. The van der Waals surface area contributed by atoms with Crippen molar-refractivity contribution < 1.29 is 4.79 Å². The van der Waals surface area contributed by atoms with Crippen LogP contribution in [0.3, 0.4) is 0 Å². The Hall–Kier alpha value is -3.80. The van der Waals surface area contributed by atoms with Crippen LogP contribution in [0.15, 0.2) is 67.0 Å². The molecule has 2 N–H and O–H groups in total. The number of nitrogens with zero attached hydrogens (tertiary/aromatic N) is 3. The number of pyridine rings is 1. The molecule has 2 aromatic carbocycles. The highest BCUT2D eigenvalue weighted by atomic mass is 16.1. The minimum atomic E-state index is -0.268. The van der Waals surface area contributed by atoms with Crippen LogP contribution in [0.1, 0.15) is 28.5 Å². The number of fused-ring (bicyclic) bond motifs is 1. The van der Waals surface area contributed by atoms with Crippen LogP contribution in [0.5, 0.6) is 0 Å². The molecule has 0 bridgehead atoms. The van der Waals surface area contributed by atoms with Crippen LogP contribution in [0.25, 0.3) is 10.9 Å². The highest BCUT2D eigenvalue weighted by Crippen LogP contribution is 2.24. The molecule has 0 aliphatic heterocycles. The number of carbonyl (C=O) groups excluding carboxylic acids is 1. The maximum atomic E-state index is 12.8. The fourth-order valence-corrected chi connectivity index (χ4v) is 3.25. The Morgan fingerprint density at radius 3 is 2.66 bits per heavy atom. The molecule has 6 nitrogen and oxygen atoms in total. The summed E-state index contributed by atoms with van der Waals surface area (Å²) in [4.78, 5) is 25.9. The lowest BCUT2D eigenvalue weighted by molar-refractivity contribution is 0.102. The first-order valence-corrected chi connectivity index (χ1v) is 9.49. The summed E-state index contributed by atoms with van der Waals surface area (Å²) in [5.41, 5.74) is 4.85. The second kappa shape index (κ2) is 8.06. The number of nitrogens with one attached hydrogen (secondary N) is 2. The van der Waals surface area contributed by atoms with Crippen molar-refractivity contribution in [3.63, 3.8) is 0 Å². The van der Waals surface area contributed by atoms with Crippen LogP contribution in [-0.2, 0) is 6.42 Å². The zero-order valence-corrected chi connectivity index (χ0v) is 16.3. The van der Waals surface area contributed by atoms with Crippen molar-refractivity contribution in [1.29, 1.82) is 0 Å². The van der Waals surface area contributed by atoms with E-state index in [-0.39, 0.29) is 5.91 Å². The fourth-order valence-electron chi connectivity index (χ4n) is 3.25. The van der Waals surface area contributed by atoms with Gasteiger partial charge >= 0.3 is 0 Å². The highest BCUT2D eigenvalue weighted by molar-refractivity contribution is 6.04. The predicted molar refractivity (Wildman–Crippen MR) is 116 cm³/mol. The Morgan fingerprint density at radius 1 is 0.966 bits per heavy atom. The molecule has 4 aromatic rings. The van der Waals surface area contributed by atoms with E-state index >= 15 is 0 Å². The topological polar surface area (TPSA) is 79.8 Å². The van der Waals surface area contributed by atoms with Crippen LogP contribution in [0.4, 0.5) is 17.3 Å². The monoisotopic (exact) mass is 383 g/mol. The van der Waals surface area contributed by atoms with Gasteiger partial charge in [-0.25, -0.2) is 9.97 Å². The van der Waals surface area contributed by atoms with Crippen LogP contribution in [-0.4, -0.2) is 20.9 Å². The molecule has 0 aliphatic rings. The number of hydrogen-bond donors (Lipinski definition) is 2. The predicted octanol–water partition coefficient (Wildman–Crippen LogP) is 4.89. The lowest BCUT2D eigenvalue weighted by Gasteiger charge is -2.13. The molecule has 1 amide bonds. The van der Waals surface area contributed by atoms with E-state index in [1.54, 1.807) is 18.5 Å². The van der Waals surface area contributed by atoms with Gasteiger partial charge in [-0.15, -0.1) is 0 Å². The first kappa shape index (κ1) is 18.6. The number of aryl methyl sites for hydroxylation is 2. The molecule has 6 heteroatoms. The maximum absolute atomic E-state index is 12.8. The number of aromatic nitrogens is 3. The summed E-state index contributed by atoms with van der Waals surface area (Å²) in [5, 5.41) is 7.18. The van der Waals surface area contributed by atoms with E-state index in [4.69, 9.17) is 0 Å². The summed E-state index contributed by atoms with van der Waals surface area (Å²) in [5.74, 6) is 0.0757. The molecule has 0 atom stereocenters. The molecule has 0 unspecified atom stereocenters. The minimum Gasteiger partial charge on any atom is -0.322 e. The average Bonchev–Trinajstić information content (AvgIpc) is 2.75. The molecule has 2 aromatic heterocycles. The molecule has 0 saturated heterocycles. The molecule has 0 radical (unpaired) electrons. The second-order valence-corrected chi connectivity index (χ2v) is 6.69. The van der Waals surface area contributed by atoms with Gasteiger partial charge < -0.3 is 10.6 Å². The van der Waals surface area contributed by atoms with E-state index in [9.17, 15) is 4.79 Å². The SMILES string of the molecule is CCc1cccc(C)c1NC(=O)c1ccnc(Nc2cccc3cccnc23)n1. The summed E-state index contributed by atoms with van der Waals surface area (Å²) >= 11 is 0. The van der Waals surface area contributed by atoms with Crippen LogP contribution in [0.2, 0.25) is 0 Å². The van der Waals surface area contributed by atoms with Gasteiger partial charge in [-0.2, -0.15) is 0 Å². The summed E-state index contributed by atoms with van der Waals surface area (Å²) in [7, 11) is 0. The van der Waals surface area contributed by atoms with Crippen molar-refractivity contribution in [3.8, 4) is 0 Å². The molecule has 2 heterocycles. The molecule has 0 spiro atoms. The molecular formula is C23H21N5O. The Kier molecular flexibility index (Phi) is 5.16. The molecule has 0 saturated carbocycles. The summed E-state index contributed by atoms with van der Waals surface area (Å²) in [6.07, 6.45) is 4.15. The second-order valence-electron chi connectivity index (χ2n) is 6.69. The number of hydrogen-bond acceptors (Lipinski definition) is 5. The van der Waals surface area contributed by atoms with Crippen molar-refractivity contribution in [3.05, 3.63) is 83.8 Å². The third-order valence-corrected chi connectivity index (χ3v) is 4.75. The largest absolute Gasteiger partial charge is 0.322 e. The van der Waals surface area contributed by atoms with Gasteiger partial charge in [0.2, 0.25) is 5.95 Å². The van der Waals surface area contributed by atoms with Gasteiger partial charge in [0.25, 0.3) is 5.91 Å². The smallest absolute Gasteiger partial charge is 0.274 e. The van der Waals surface area contributed by atoms with E-state index < -0.39 is 0 Å². The third-order valence-electron chi connectivity index (χ3n) is 4.75. The number of rotatable bonds is 5. The van der Waals surface area contributed by atoms with Crippen molar-refractivity contribution in [1.82, 2.24) is 15.0 Å². The Morgan fingerprint density at radius 2 is 1.79 bits per heavy atom.